The Hall–Kier alpha value is -3.62. The Morgan fingerprint density at radius 3 is 2.67 bits per heavy atom. The van der Waals surface area contributed by atoms with E-state index in [-0.39, 0.29) is 17.6 Å². The Labute approximate surface area is 191 Å². The summed E-state index contributed by atoms with van der Waals surface area (Å²) in [5.74, 6) is 0.395. The number of pyridine rings is 1. The van der Waals surface area contributed by atoms with E-state index in [0.717, 1.165) is 58.5 Å². The number of likely N-dealkylation sites (tertiary alicyclic amines) is 1. The lowest BCUT2D eigenvalue weighted by Gasteiger charge is -2.27. The van der Waals surface area contributed by atoms with Crippen molar-refractivity contribution in [3.63, 3.8) is 0 Å². The van der Waals surface area contributed by atoms with Crippen LogP contribution in [0, 0.1) is 6.92 Å². The van der Waals surface area contributed by atoms with Gasteiger partial charge in [-0.25, -0.2) is 14.8 Å². The van der Waals surface area contributed by atoms with E-state index < -0.39 is 11.2 Å². The maximum atomic E-state index is 13.6. The van der Waals surface area contributed by atoms with Crippen LogP contribution in [0.2, 0.25) is 0 Å². The monoisotopic (exact) mass is 448 g/mol. The first-order chi connectivity index (χ1) is 15.8. The van der Waals surface area contributed by atoms with Crippen molar-refractivity contribution in [2.45, 2.75) is 45.6 Å². The quantitative estimate of drug-likeness (QED) is 0.593. The summed E-state index contributed by atoms with van der Waals surface area (Å²) < 4.78 is 2.22. The largest absolute Gasteiger partial charge is 0.331 e. The first kappa shape index (κ1) is 22.6. The second kappa shape index (κ2) is 9.09. The molecule has 4 rings (SSSR count). The van der Waals surface area contributed by atoms with Crippen LogP contribution >= 0.6 is 0 Å². The van der Waals surface area contributed by atoms with Gasteiger partial charge in [-0.1, -0.05) is 6.92 Å². The number of hydrogen-bond acceptors (Lipinski definition) is 6. The third kappa shape index (κ3) is 4.10. The maximum Gasteiger partial charge on any atom is 0.331 e. The van der Waals surface area contributed by atoms with Gasteiger partial charge in [0, 0.05) is 57.3 Å². The molecule has 1 amide bonds. The van der Waals surface area contributed by atoms with Crippen LogP contribution in [0.25, 0.3) is 11.1 Å². The maximum absolute atomic E-state index is 13.6. The van der Waals surface area contributed by atoms with Gasteiger partial charge in [0.1, 0.15) is 11.5 Å². The molecule has 0 spiro atoms. The van der Waals surface area contributed by atoms with Crippen LogP contribution in [-0.4, -0.2) is 41.4 Å². The van der Waals surface area contributed by atoms with Gasteiger partial charge in [0.05, 0.1) is 11.7 Å². The Balaban J connectivity index is 1.82. The Kier molecular flexibility index (Phi) is 6.22. The number of aryl methyl sites for hydroxylation is 2. The molecule has 4 heterocycles. The summed E-state index contributed by atoms with van der Waals surface area (Å²) in [7, 11) is 2.91. The molecule has 1 fully saturated rings. The molecule has 1 aliphatic rings. The molecule has 1 atom stereocenters. The van der Waals surface area contributed by atoms with Crippen molar-refractivity contribution < 1.29 is 4.79 Å². The fourth-order valence-electron chi connectivity index (χ4n) is 4.39. The van der Waals surface area contributed by atoms with Gasteiger partial charge in [0.2, 0.25) is 0 Å². The van der Waals surface area contributed by atoms with Crippen LogP contribution in [0.5, 0.6) is 0 Å². The average Bonchev–Trinajstić information content (AvgIpc) is 3.30. The minimum atomic E-state index is -0.526. The summed E-state index contributed by atoms with van der Waals surface area (Å²) in [6.07, 6.45) is 8.57. The Morgan fingerprint density at radius 1 is 1.15 bits per heavy atom. The summed E-state index contributed by atoms with van der Waals surface area (Å²) in [6.45, 7) is 4.58. The molecule has 33 heavy (non-hydrogen) atoms. The van der Waals surface area contributed by atoms with Crippen molar-refractivity contribution in [2.24, 2.45) is 14.1 Å². The van der Waals surface area contributed by atoms with E-state index in [4.69, 9.17) is 4.98 Å². The Morgan fingerprint density at radius 2 is 1.94 bits per heavy atom. The summed E-state index contributed by atoms with van der Waals surface area (Å²) in [5.41, 5.74) is 2.69. The van der Waals surface area contributed by atoms with Gasteiger partial charge in [-0.05, 0) is 43.4 Å². The van der Waals surface area contributed by atoms with Crippen molar-refractivity contribution in [1.29, 1.82) is 0 Å². The topological polar surface area (TPSA) is 103 Å². The van der Waals surface area contributed by atoms with Crippen LogP contribution in [0.4, 0.5) is 0 Å². The fraction of sp³-hybridized carbons (Fsp3) is 0.417. The predicted octanol–water partition coefficient (Wildman–Crippen LogP) is 2.17. The smallest absolute Gasteiger partial charge is 0.329 e. The zero-order valence-electron chi connectivity index (χ0n) is 19.4. The van der Waals surface area contributed by atoms with Crippen LogP contribution < -0.4 is 11.2 Å². The lowest BCUT2D eigenvalue weighted by molar-refractivity contribution is 0.0721. The third-order valence-corrected chi connectivity index (χ3v) is 6.23. The van der Waals surface area contributed by atoms with E-state index in [9.17, 15) is 14.4 Å². The summed E-state index contributed by atoms with van der Waals surface area (Å²) in [4.78, 5) is 53.6. The molecule has 3 aromatic heterocycles. The molecule has 172 valence electrons. The first-order valence-corrected chi connectivity index (χ1v) is 11.2. The third-order valence-electron chi connectivity index (χ3n) is 6.23. The molecule has 1 unspecified atom stereocenters. The summed E-state index contributed by atoms with van der Waals surface area (Å²) >= 11 is 0. The molecule has 0 bridgehead atoms. The van der Waals surface area contributed by atoms with Gasteiger partial charge < -0.3 is 4.90 Å². The van der Waals surface area contributed by atoms with Crippen molar-refractivity contribution in [2.75, 3.05) is 6.54 Å². The van der Waals surface area contributed by atoms with Gasteiger partial charge in [-0.2, -0.15) is 0 Å². The molecule has 3 aromatic rings. The molecule has 1 aliphatic heterocycles. The van der Waals surface area contributed by atoms with E-state index >= 15 is 0 Å². The van der Waals surface area contributed by atoms with Crippen LogP contribution in [-0.2, 0) is 20.5 Å². The van der Waals surface area contributed by atoms with Crippen molar-refractivity contribution in [3.8, 4) is 11.1 Å². The average molecular weight is 449 g/mol. The molecular formula is C24H28N6O3. The van der Waals surface area contributed by atoms with Gasteiger partial charge in [-0.3, -0.25) is 23.7 Å². The molecule has 0 aromatic carbocycles. The van der Waals surface area contributed by atoms with Crippen molar-refractivity contribution in [1.82, 2.24) is 29.0 Å². The molecule has 0 saturated carbocycles. The van der Waals surface area contributed by atoms with Crippen LogP contribution in [0.15, 0.2) is 40.3 Å². The number of nitrogens with zero attached hydrogens (tertiary/aromatic N) is 6. The number of aromatic nitrogens is 5. The standard InChI is InChI=1S/C24H28N6O3/c1-5-7-20-26-14-17(16-9-10-25-13-15(16)2)22(27-20)18-8-6-11-30(18)23(32)19-12-21(31)29(4)24(33)28(19)3/h9-10,12-14,18H,5-8,11H2,1-4H3. The Bertz CT molecular complexity index is 1330. The SMILES string of the molecule is CCCc1ncc(-c2ccncc2C)c(C2CCCN2C(=O)c2cc(=O)n(C)c(=O)n2C)n1. The van der Waals surface area contributed by atoms with Crippen molar-refractivity contribution >= 4 is 5.91 Å². The fourth-order valence-corrected chi connectivity index (χ4v) is 4.39. The zero-order chi connectivity index (χ0) is 23.7. The first-order valence-electron chi connectivity index (χ1n) is 11.2. The molecule has 0 radical (unpaired) electrons. The van der Waals surface area contributed by atoms with E-state index in [1.165, 1.54) is 24.7 Å². The molecule has 9 heteroatoms. The van der Waals surface area contributed by atoms with Crippen LogP contribution in [0.3, 0.4) is 0 Å². The highest BCUT2D eigenvalue weighted by atomic mass is 16.2. The van der Waals surface area contributed by atoms with Crippen molar-refractivity contribution in [3.05, 3.63) is 74.3 Å². The number of hydrogen-bond donors (Lipinski definition) is 0. The molecule has 0 aliphatic carbocycles. The minimum absolute atomic E-state index is 0.0829. The highest BCUT2D eigenvalue weighted by Gasteiger charge is 2.35. The number of carbonyl (C=O) groups excluding carboxylic acids is 1. The van der Waals surface area contributed by atoms with E-state index in [1.54, 1.807) is 17.3 Å². The summed E-state index contributed by atoms with van der Waals surface area (Å²) in [5, 5.41) is 0. The second-order valence-corrected chi connectivity index (χ2v) is 8.45. The lowest BCUT2D eigenvalue weighted by atomic mass is 9.97. The summed E-state index contributed by atoms with van der Waals surface area (Å²) in [6, 6.07) is 2.89. The molecule has 0 N–H and O–H groups in total. The van der Waals surface area contributed by atoms with Gasteiger partial charge in [0.25, 0.3) is 11.5 Å². The molecule has 1 saturated heterocycles. The van der Waals surface area contributed by atoms with E-state index in [0.29, 0.717) is 6.54 Å². The predicted molar refractivity (Wildman–Crippen MR) is 124 cm³/mol. The normalized spacial score (nSPS) is 15.8. The lowest BCUT2D eigenvalue weighted by Crippen LogP contribution is -2.42. The second-order valence-electron chi connectivity index (χ2n) is 8.45. The van der Waals surface area contributed by atoms with E-state index in [2.05, 4.69) is 16.9 Å². The van der Waals surface area contributed by atoms with Crippen LogP contribution in [0.1, 0.15) is 59.8 Å². The zero-order valence-corrected chi connectivity index (χ0v) is 19.4. The molecule has 9 nitrogen and oxygen atoms in total. The van der Waals surface area contributed by atoms with Gasteiger partial charge in [0.15, 0.2) is 0 Å². The minimum Gasteiger partial charge on any atom is -0.329 e. The number of rotatable bonds is 5. The van der Waals surface area contributed by atoms with E-state index in [1.807, 2.05) is 19.2 Å². The highest BCUT2D eigenvalue weighted by molar-refractivity contribution is 5.93. The van der Waals surface area contributed by atoms with Gasteiger partial charge >= 0.3 is 5.69 Å². The number of amides is 1. The molecular weight excluding hydrogens is 420 g/mol. The number of carbonyl (C=O) groups is 1. The highest BCUT2D eigenvalue weighted by Crippen LogP contribution is 2.37. The van der Waals surface area contributed by atoms with Gasteiger partial charge in [-0.15, -0.1) is 0 Å².